The standard InChI is InChI=1S/C19H20BrN3O4S/c1-12-13(2)22-27-19(12)23-28(25,26)17-9-4-6-14-15(17)7-3-8-16(14)21-18(24)10-5-11-20/h3-4,6-9,23H,5,10-11H2,1-2H3,(H,21,24). The second-order valence-corrected chi connectivity index (χ2v) is 8.77. The number of carbonyl (C=O) groups is 1. The maximum Gasteiger partial charge on any atom is 0.264 e. The first-order chi connectivity index (χ1) is 13.3. The molecular formula is C19H20BrN3O4S. The smallest absolute Gasteiger partial charge is 0.264 e. The summed E-state index contributed by atoms with van der Waals surface area (Å²) in [5.41, 5.74) is 1.81. The van der Waals surface area contributed by atoms with Gasteiger partial charge in [0, 0.05) is 33.8 Å². The Hall–Kier alpha value is -2.39. The van der Waals surface area contributed by atoms with E-state index in [1.807, 2.05) is 0 Å². The van der Waals surface area contributed by atoms with E-state index < -0.39 is 10.0 Å². The van der Waals surface area contributed by atoms with Crippen molar-refractivity contribution in [2.75, 3.05) is 15.4 Å². The minimum Gasteiger partial charge on any atom is -0.337 e. The van der Waals surface area contributed by atoms with Crippen molar-refractivity contribution in [3.63, 3.8) is 0 Å². The molecule has 0 aliphatic carbocycles. The fourth-order valence-corrected chi connectivity index (χ4v) is 4.30. The van der Waals surface area contributed by atoms with Crippen molar-refractivity contribution >= 4 is 54.2 Å². The van der Waals surface area contributed by atoms with Crippen LogP contribution in [0.15, 0.2) is 45.8 Å². The summed E-state index contributed by atoms with van der Waals surface area (Å²) < 4.78 is 33.5. The Morgan fingerprint density at radius 1 is 1.14 bits per heavy atom. The topological polar surface area (TPSA) is 101 Å². The van der Waals surface area contributed by atoms with Gasteiger partial charge in [-0.25, -0.2) is 13.1 Å². The highest BCUT2D eigenvalue weighted by Gasteiger charge is 2.22. The first kappa shape index (κ1) is 20.3. The first-order valence-corrected chi connectivity index (χ1v) is 11.3. The summed E-state index contributed by atoms with van der Waals surface area (Å²) in [6.45, 7) is 3.46. The molecule has 2 aromatic carbocycles. The van der Waals surface area contributed by atoms with Gasteiger partial charge >= 0.3 is 0 Å². The average molecular weight is 466 g/mol. The molecule has 0 unspecified atom stereocenters. The van der Waals surface area contributed by atoms with Gasteiger partial charge in [-0.05, 0) is 32.4 Å². The maximum atomic E-state index is 13.0. The molecule has 0 spiro atoms. The SMILES string of the molecule is Cc1noc(NS(=O)(=O)c2cccc3c(NC(=O)CCCBr)cccc23)c1C. The van der Waals surface area contributed by atoms with E-state index in [2.05, 4.69) is 31.1 Å². The van der Waals surface area contributed by atoms with Crippen LogP contribution in [-0.2, 0) is 14.8 Å². The maximum absolute atomic E-state index is 13.0. The Morgan fingerprint density at radius 3 is 2.54 bits per heavy atom. The molecule has 0 fully saturated rings. The van der Waals surface area contributed by atoms with E-state index in [-0.39, 0.29) is 16.7 Å². The van der Waals surface area contributed by atoms with Crippen molar-refractivity contribution in [2.24, 2.45) is 0 Å². The number of alkyl halides is 1. The van der Waals surface area contributed by atoms with Crippen LogP contribution in [0.2, 0.25) is 0 Å². The number of anilines is 2. The predicted molar refractivity (Wildman–Crippen MR) is 112 cm³/mol. The fourth-order valence-electron chi connectivity index (χ4n) is 2.75. The van der Waals surface area contributed by atoms with Gasteiger partial charge in [-0.2, -0.15) is 0 Å². The molecule has 0 saturated heterocycles. The van der Waals surface area contributed by atoms with Gasteiger partial charge in [-0.15, -0.1) is 0 Å². The van der Waals surface area contributed by atoms with E-state index >= 15 is 0 Å². The van der Waals surface area contributed by atoms with Crippen molar-refractivity contribution < 1.29 is 17.7 Å². The molecular weight excluding hydrogens is 446 g/mol. The summed E-state index contributed by atoms with van der Waals surface area (Å²) in [7, 11) is -3.91. The van der Waals surface area contributed by atoms with Gasteiger partial charge in [0.1, 0.15) is 0 Å². The number of hydrogen-bond donors (Lipinski definition) is 2. The molecule has 7 nitrogen and oxygen atoms in total. The Kier molecular flexibility index (Phi) is 6.04. The lowest BCUT2D eigenvalue weighted by atomic mass is 10.1. The van der Waals surface area contributed by atoms with E-state index in [0.29, 0.717) is 34.1 Å². The fraction of sp³-hybridized carbons (Fsp3) is 0.263. The first-order valence-electron chi connectivity index (χ1n) is 8.66. The van der Waals surface area contributed by atoms with Crippen LogP contribution >= 0.6 is 15.9 Å². The summed E-state index contributed by atoms with van der Waals surface area (Å²) in [6.07, 6.45) is 1.10. The molecule has 3 rings (SSSR count). The molecule has 28 heavy (non-hydrogen) atoms. The van der Waals surface area contributed by atoms with Gasteiger partial charge in [0.25, 0.3) is 10.0 Å². The zero-order valence-corrected chi connectivity index (χ0v) is 17.9. The highest BCUT2D eigenvalue weighted by Crippen LogP contribution is 2.30. The number of halogens is 1. The molecule has 2 N–H and O–H groups in total. The lowest BCUT2D eigenvalue weighted by Gasteiger charge is -2.12. The highest BCUT2D eigenvalue weighted by atomic mass is 79.9. The van der Waals surface area contributed by atoms with E-state index in [9.17, 15) is 13.2 Å². The molecule has 9 heteroatoms. The molecule has 0 aliphatic rings. The van der Waals surface area contributed by atoms with E-state index in [4.69, 9.17) is 4.52 Å². The number of aromatic nitrogens is 1. The predicted octanol–water partition coefficient (Wildman–Crippen LogP) is 4.36. The van der Waals surface area contributed by atoms with Gasteiger partial charge in [-0.1, -0.05) is 45.4 Å². The normalized spacial score (nSPS) is 11.5. The molecule has 1 aromatic heterocycles. The quantitative estimate of drug-likeness (QED) is 0.504. The largest absolute Gasteiger partial charge is 0.337 e. The Balaban J connectivity index is 1.99. The minimum atomic E-state index is -3.91. The highest BCUT2D eigenvalue weighted by molar-refractivity contribution is 9.09. The van der Waals surface area contributed by atoms with Crippen molar-refractivity contribution in [2.45, 2.75) is 31.6 Å². The molecule has 0 atom stereocenters. The number of fused-ring (bicyclic) bond motifs is 1. The zero-order chi connectivity index (χ0) is 20.3. The third kappa shape index (κ3) is 4.20. The van der Waals surface area contributed by atoms with Gasteiger partial charge < -0.3 is 9.84 Å². The Bertz CT molecular complexity index is 1130. The van der Waals surface area contributed by atoms with Gasteiger partial charge in [0.15, 0.2) is 0 Å². The molecule has 0 saturated carbocycles. The van der Waals surface area contributed by atoms with Crippen molar-refractivity contribution in [3.05, 3.63) is 47.7 Å². The summed E-state index contributed by atoms with van der Waals surface area (Å²) in [4.78, 5) is 12.2. The molecule has 0 radical (unpaired) electrons. The molecule has 0 bridgehead atoms. The molecule has 148 valence electrons. The number of aryl methyl sites for hydroxylation is 1. The van der Waals surface area contributed by atoms with Crippen LogP contribution in [0.3, 0.4) is 0 Å². The van der Waals surface area contributed by atoms with Crippen LogP contribution in [0.1, 0.15) is 24.1 Å². The lowest BCUT2D eigenvalue weighted by Crippen LogP contribution is -2.14. The average Bonchev–Trinajstić information content (AvgIpc) is 2.97. The van der Waals surface area contributed by atoms with Crippen LogP contribution in [0.5, 0.6) is 0 Å². The number of amides is 1. The Labute approximate surface area is 171 Å². The third-order valence-corrected chi connectivity index (χ3v) is 6.32. The van der Waals surface area contributed by atoms with E-state index in [1.54, 1.807) is 44.2 Å². The number of rotatable bonds is 7. The van der Waals surface area contributed by atoms with E-state index in [1.165, 1.54) is 6.07 Å². The number of benzene rings is 2. The van der Waals surface area contributed by atoms with Gasteiger partial charge in [0.2, 0.25) is 11.8 Å². The van der Waals surface area contributed by atoms with Crippen molar-refractivity contribution in [1.82, 2.24) is 5.16 Å². The number of nitrogens with one attached hydrogen (secondary N) is 2. The number of carbonyl (C=O) groups excluding carboxylic acids is 1. The molecule has 1 heterocycles. The zero-order valence-electron chi connectivity index (χ0n) is 15.5. The second-order valence-electron chi connectivity index (χ2n) is 6.33. The summed E-state index contributed by atoms with van der Waals surface area (Å²) in [5, 5.41) is 8.52. The van der Waals surface area contributed by atoms with E-state index in [0.717, 1.165) is 11.8 Å². The van der Waals surface area contributed by atoms with Gasteiger partial charge in [0.05, 0.1) is 10.6 Å². The summed E-state index contributed by atoms with van der Waals surface area (Å²) in [5.74, 6) is -0.0279. The summed E-state index contributed by atoms with van der Waals surface area (Å²) in [6, 6.07) is 10.1. The number of sulfonamides is 1. The third-order valence-electron chi connectivity index (χ3n) is 4.37. The monoisotopic (exact) mass is 465 g/mol. The van der Waals surface area contributed by atoms with Gasteiger partial charge in [-0.3, -0.25) is 4.79 Å². The lowest BCUT2D eigenvalue weighted by molar-refractivity contribution is -0.116. The van der Waals surface area contributed by atoms with Crippen LogP contribution in [0.25, 0.3) is 10.8 Å². The van der Waals surface area contributed by atoms with Crippen LogP contribution in [0, 0.1) is 13.8 Å². The summed E-state index contributed by atoms with van der Waals surface area (Å²) >= 11 is 3.30. The van der Waals surface area contributed by atoms with Crippen molar-refractivity contribution in [1.29, 1.82) is 0 Å². The molecule has 3 aromatic rings. The second kappa shape index (κ2) is 8.32. The van der Waals surface area contributed by atoms with Crippen LogP contribution in [0.4, 0.5) is 11.6 Å². The number of hydrogen-bond acceptors (Lipinski definition) is 5. The molecule has 0 aliphatic heterocycles. The number of nitrogens with zero attached hydrogens (tertiary/aromatic N) is 1. The van der Waals surface area contributed by atoms with Crippen molar-refractivity contribution in [3.8, 4) is 0 Å². The van der Waals surface area contributed by atoms with Crippen LogP contribution < -0.4 is 10.0 Å². The minimum absolute atomic E-state index is 0.0914. The van der Waals surface area contributed by atoms with Crippen LogP contribution in [-0.4, -0.2) is 24.8 Å². The molecule has 1 amide bonds. The Morgan fingerprint density at radius 2 is 1.86 bits per heavy atom.